The SMILES string of the molecule is C=C(C(=O)c1ccc(C)cc1)N(C)C(C)=O. The summed E-state index contributed by atoms with van der Waals surface area (Å²) in [7, 11) is 1.54. The number of ketones is 1. The first kappa shape index (κ1) is 12.2. The van der Waals surface area contributed by atoms with Gasteiger partial charge in [-0.2, -0.15) is 0 Å². The molecule has 3 nitrogen and oxygen atoms in total. The van der Waals surface area contributed by atoms with E-state index in [9.17, 15) is 9.59 Å². The molecule has 1 aromatic carbocycles. The molecule has 0 unspecified atom stereocenters. The lowest BCUT2D eigenvalue weighted by Gasteiger charge is -2.16. The number of amides is 1. The van der Waals surface area contributed by atoms with Crippen molar-refractivity contribution < 1.29 is 9.59 Å². The number of hydrogen-bond acceptors (Lipinski definition) is 2. The normalized spacial score (nSPS) is 9.69. The summed E-state index contributed by atoms with van der Waals surface area (Å²) >= 11 is 0. The Labute approximate surface area is 95.4 Å². The standard InChI is InChI=1S/C13H15NO2/c1-9-5-7-12(8-6-9)13(16)10(2)14(4)11(3)15/h5-8H,2H2,1,3-4H3. The minimum Gasteiger partial charge on any atom is -0.313 e. The molecule has 1 amide bonds. The molecule has 1 aromatic rings. The smallest absolute Gasteiger partial charge is 0.223 e. The fraction of sp³-hybridized carbons (Fsp3) is 0.231. The third-order valence-corrected chi connectivity index (χ3v) is 2.45. The molecule has 0 aliphatic heterocycles. The second-order valence-corrected chi connectivity index (χ2v) is 3.72. The highest BCUT2D eigenvalue weighted by molar-refractivity contribution is 6.09. The molecule has 0 heterocycles. The van der Waals surface area contributed by atoms with Crippen LogP contribution in [0.4, 0.5) is 0 Å². The van der Waals surface area contributed by atoms with Crippen molar-refractivity contribution in [3.05, 3.63) is 47.7 Å². The van der Waals surface area contributed by atoms with Crippen molar-refractivity contribution >= 4 is 11.7 Å². The van der Waals surface area contributed by atoms with Crippen LogP contribution < -0.4 is 0 Å². The highest BCUT2D eigenvalue weighted by Gasteiger charge is 2.16. The maximum absolute atomic E-state index is 11.9. The van der Waals surface area contributed by atoms with Crippen LogP contribution >= 0.6 is 0 Å². The molecule has 0 bridgehead atoms. The maximum Gasteiger partial charge on any atom is 0.223 e. The van der Waals surface area contributed by atoms with Crippen LogP contribution in [0.15, 0.2) is 36.5 Å². The van der Waals surface area contributed by atoms with Crippen LogP contribution in [0.5, 0.6) is 0 Å². The number of aryl methyl sites for hydroxylation is 1. The highest BCUT2D eigenvalue weighted by atomic mass is 16.2. The van der Waals surface area contributed by atoms with Gasteiger partial charge in [0.1, 0.15) is 0 Å². The van der Waals surface area contributed by atoms with Crippen molar-refractivity contribution in [3.8, 4) is 0 Å². The Balaban J connectivity index is 2.90. The average Bonchev–Trinajstić information content (AvgIpc) is 2.27. The largest absolute Gasteiger partial charge is 0.313 e. The van der Waals surface area contributed by atoms with E-state index in [-0.39, 0.29) is 17.4 Å². The Kier molecular flexibility index (Phi) is 3.61. The van der Waals surface area contributed by atoms with E-state index in [1.54, 1.807) is 12.1 Å². The van der Waals surface area contributed by atoms with Crippen molar-refractivity contribution in [3.63, 3.8) is 0 Å². The quantitative estimate of drug-likeness (QED) is 0.574. The van der Waals surface area contributed by atoms with Gasteiger partial charge in [0, 0.05) is 19.5 Å². The topological polar surface area (TPSA) is 37.4 Å². The van der Waals surface area contributed by atoms with Crippen LogP contribution in [0, 0.1) is 6.92 Å². The van der Waals surface area contributed by atoms with E-state index in [1.807, 2.05) is 19.1 Å². The molecule has 84 valence electrons. The first-order valence-electron chi connectivity index (χ1n) is 4.98. The fourth-order valence-electron chi connectivity index (χ4n) is 1.21. The van der Waals surface area contributed by atoms with Crippen molar-refractivity contribution in [2.45, 2.75) is 13.8 Å². The van der Waals surface area contributed by atoms with Crippen LogP contribution in [0.3, 0.4) is 0 Å². The molecule has 1 rings (SSSR count). The van der Waals surface area contributed by atoms with Gasteiger partial charge in [-0.1, -0.05) is 36.4 Å². The minimum absolute atomic E-state index is 0.191. The molecule has 0 N–H and O–H groups in total. The molecule has 0 aromatic heterocycles. The number of rotatable bonds is 3. The summed E-state index contributed by atoms with van der Waals surface area (Å²) in [5, 5.41) is 0. The number of Topliss-reactive ketones (excluding diaryl/α,β-unsaturated/α-hetero) is 1. The lowest BCUT2D eigenvalue weighted by atomic mass is 10.1. The molecule has 0 aliphatic rings. The molecule has 0 spiro atoms. The van der Waals surface area contributed by atoms with Gasteiger partial charge in [0.2, 0.25) is 11.7 Å². The molecular formula is C13H15NO2. The van der Waals surface area contributed by atoms with E-state index in [0.29, 0.717) is 5.56 Å². The summed E-state index contributed by atoms with van der Waals surface area (Å²) in [5.74, 6) is -0.428. The number of carbonyl (C=O) groups is 2. The average molecular weight is 217 g/mol. The van der Waals surface area contributed by atoms with Gasteiger partial charge in [-0.15, -0.1) is 0 Å². The predicted molar refractivity (Wildman–Crippen MR) is 63.1 cm³/mol. The molecule has 0 saturated heterocycles. The van der Waals surface area contributed by atoms with E-state index in [0.717, 1.165) is 5.56 Å². The summed E-state index contributed by atoms with van der Waals surface area (Å²) < 4.78 is 0. The predicted octanol–water partition coefficient (Wildman–Crippen LogP) is 2.17. The van der Waals surface area contributed by atoms with Gasteiger partial charge in [-0.05, 0) is 6.92 Å². The molecule has 3 heteroatoms. The number of allylic oxidation sites excluding steroid dienone is 1. The van der Waals surface area contributed by atoms with Crippen LogP contribution in [-0.2, 0) is 4.79 Å². The van der Waals surface area contributed by atoms with Crippen LogP contribution in [0.2, 0.25) is 0 Å². The molecule has 0 atom stereocenters. The van der Waals surface area contributed by atoms with Crippen molar-refractivity contribution in [1.29, 1.82) is 0 Å². The summed E-state index contributed by atoms with van der Waals surface area (Å²) in [6, 6.07) is 7.18. The van der Waals surface area contributed by atoms with E-state index in [1.165, 1.54) is 18.9 Å². The Morgan fingerprint density at radius 2 is 1.69 bits per heavy atom. The number of nitrogens with zero attached hydrogens (tertiary/aromatic N) is 1. The van der Waals surface area contributed by atoms with Crippen molar-refractivity contribution in [2.75, 3.05) is 7.05 Å². The molecule has 0 aliphatic carbocycles. The van der Waals surface area contributed by atoms with Crippen LogP contribution in [0.1, 0.15) is 22.8 Å². The monoisotopic (exact) mass is 217 g/mol. The summed E-state index contributed by atoms with van der Waals surface area (Å²) in [4.78, 5) is 24.2. The summed E-state index contributed by atoms with van der Waals surface area (Å²) in [6.07, 6.45) is 0. The van der Waals surface area contributed by atoms with Gasteiger partial charge >= 0.3 is 0 Å². The minimum atomic E-state index is -0.224. The van der Waals surface area contributed by atoms with E-state index >= 15 is 0 Å². The van der Waals surface area contributed by atoms with Gasteiger partial charge in [-0.25, -0.2) is 0 Å². The number of carbonyl (C=O) groups excluding carboxylic acids is 2. The molecule has 0 fully saturated rings. The third kappa shape index (κ3) is 2.57. The lowest BCUT2D eigenvalue weighted by molar-refractivity contribution is -0.125. The third-order valence-electron chi connectivity index (χ3n) is 2.45. The Hall–Kier alpha value is -1.90. The van der Waals surface area contributed by atoms with Gasteiger partial charge in [0.05, 0.1) is 5.70 Å². The molecule has 0 saturated carbocycles. The van der Waals surface area contributed by atoms with Gasteiger partial charge < -0.3 is 4.90 Å². The van der Waals surface area contributed by atoms with E-state index < -0.39 is 0 Å². The first-order chi connectivity index (χ1) is 7.43. The zero-order valence-electron chi connectivity index (χ0n) is 9.78. The van der Waals surface area contributed by atoms with Gasteiger partial charge in [-0.3, -0.25) is 9.59 Å². The number of hydrogen-bond donors (Lipinski definition) is 0. The first-order valence-corrected chi connectivity index (χ1v) is 4.98. The molecular weight excluding hydrogens is 202 g/mol. The Morgan fingerprint density at radius 3 is 2.12 bits per heavy atom. The van der Waals surface area contributed by atoms with Gasteiger partial charge in [0.15, 0.2) is 0 Å². The van der Waals surface area contributed by atoms with Gasteiger partial charge in [0.25, 0.3) is 0 Å². The number of benzene rings is 1. The lowest BCUT2D eigenvalue weighted by Crippen LogP contribution is -2.27. The molecule has 0 radical (unpaired) electrons. The van der Waals surface area contributed by atoms with Crippen LogP contribution in [0.25, 0.3) is 0 Å². The summed E-state index contributed by atoms with van der Waals surface area (Å²) in [5.41, 5.74) is 1.82. The second-order valence-electron chi connectivity index (χ2n) is 3.72. The fourth-order valence-corrected chi connectivity index (χ4v) is 1.21. The molecule has 16 heavy (non-hydrogen) atoms. The zero-order chi connectivity index (χ0) is 12.3. The highest BCUT2D eigenvalue weighted by Crippen LogP contribution is 2.11. The Morgan fingerprint density at radius 1 is 1.19 bits per heavy atom. The van der Waals surface area contributed by atoms with Crippen LogP contribution in [-0.4, -0.2) is 23.6 Å². The number of likely N-dealkylation sites (N-methyl/N-ethyl adjacent to an activating group) is 1. The summed E-state index contributed by atoms with van der Waals surface area (Å²) in [6.45, 7) is 6.98. The second kappa shape index (κ2) is 4.75. The van der Waals surface area contributed by atoms with Crippen molar-refractivity contribution in [1.82, 2.24) is 4.90 Å². The maximum atomic E-state index is 11.9. The zero-order valence-corrected chi connectivity index (χ0v) is 9.78. The Bertz CT molecular complexity index is 432. The van der Waals surface area contributed by atoms with E-state index in [4.69, 9.17) is 0 Å². The van der Waals surface area contributed by atoms with E-state index in [2.05, 4.69) is 6.58 Å². The van der Waals surface area contributed by atoms with Crippen molar-refractivity contribution in [2.24, 2.45) is 0 Å².